The van der Waals surface area contributed by atoms with Crippen LogP contribution in [0, 0.1) is 0 Å². The maximum absolute atomic E-state index is 12.2. The van der Waals surface area contributed by atoms with Crippen LogP contribution in [0.15, 0.2) is 24.5 Å². The summed E-state index contributed by atoms with van der Waals surface area (Å²) in [5.41, 5.74) is 1.03. The largest absolute Gasteiger partial charge is 0.371 e. The van der Waals surface area contributed by atoms with E-state index in [2.05, 4.69) is 10.3 Å². The van der Waals surface area contributed by atoms with E-state index < -0.39 is 0 Å². The minimum Gasteiger partial charge on any atom is -0.371 e. The molecule has 3 heterocycles. The topological polar surface area (TPSA) is 71.5 Å². The van der Waals surface area contributed by atoms with Crippen molar-refractivity contribution in [3.63, 3.8) is 0 Å². The SMILES string of the molecule is O=C(CN1CCCC1=O)N[C@H]1CCCO[C@@H]1c1ccncc1. The van der Waals surface area contributed by atoms with E-state index in [1.54, 1.807) is 17.3 Å². The lowest BCUT2D eigenvalue weighted by molar-refractivity contribution is -0.134. The van der Waals surface area contributed by atoms with Crippen molar-refractivity contribution >= 4 is 11.8 Å². The number of aromatic nitrogens is 1. The normalized spacial score (nSPS) is 25.3. The first-order valence-electron chi connectivity index (χ1n) is 7.83. The van der Waals surface area contributed by atoms with Crippen LogP contribution in [0.4, 0.5) is 0 Å². The van der Waals surface area contributed by atoms with Crippen molar-refractivity contribution < 1.29 is 14.3 Å². The maximum atomic E-state index is 12.2. The van der Waals surface area contributed by atoms with Gasteiger partial charge in [-0.25, -0.2) is 0 Å². The standard InChI is InChI=1S/C16H21N3O3/c20-14(11-19-9-1-4-15(19)21)18-13-3-2-10-22-16(13)12-5-7-17-8-6-12/h5-8,13,16H,1-4,9-11H2,(H,18,20)/t13-,16+/m0/s1. The fourth-order valence-electron chi connectivity index (χ4n) is 3.11. The molecule has 2 aliphatic rings. The van der Waals surface area contributed by atoms with Crippen LogP contribution in [0.5, 0.6) is 0 Å². The molecule has 2 atom stereocenters. The van der Waals surface area contributed by atoms with Crippen LogP contribution in [0.25, 0.3) is 0 Å². The third-order valence-corrected chi connectivity index (χ3v) is 4.21. The average molecular weight is 303 g/mol. The van der Waals surface area contributed by atoms with E-state index in [-0.39, 0.29) is 30.5 Å². The van der Waals surface area contributed by atoms with Gasteiger partial charge in [0.05, 0.1) is 12.6 Å². The number of nitrogens with zero attached hydrogens (tertiary/aromatic N) is 2. The van der Waals surface area contributed by atoms with Crippen molar-refractivity contribution in [3.05, 3.63) is 30.1 Å². The first-order chi connectivity index (χ1) is 10.7. The van der Waals surface area contributed by atoms with Gasteiger partial charge in [0, 0.05) is 32.0 Å². The highest BCUT2D eigenvalue weighted by Crippen LogP contribution is 2.28. The Morgan fingerprint density at radius 3 is 2.91 bits per heavy atom. The van der Waals surface area contributed by atoms with E-state index in [0.29, 0.717) is 19.6 Å². The van der Waals surface area contributed by atoms with E-state index >= 15 is 0 Å². The van der Waals surface area contributed by atoms with Crippen molar-refractivity contribution in [3.8, 4) is 0 Å². The molecular weight excluding hydrogens is 282 g/mol. The Balaban J connectivity index is 1.61. The highest BCUT2D eigenvalue weighted by Gasteiger charge is 2.30. The van der Waals surface area contributed by atoms with Crippen LogP contribution in [0.2, 0.25) is 0 Å². The Hall–Kier alpha value is -1.95. The summed E-state index contributed by atoms with van der Waals surface area (Å²) in [5, 5.41) is 3.04. The van der Waals surface area contributed by atoms with Crippen molar-refractivity contribution in [2.24, 2.45) is 0 Å². The minimum atomic E-state index is -0.144. The molecule has 1 N–H and O–H groups in total. The second kappa shape index (κ2) is 6.87. The van der Waals surface area contributed by atoms with Gasteiger partial charge in [-0.3, -0.25) is 14.6 Å². The lowest BCUT2D eigenvalue weighted by Gasteiger charge is -2.33. The summed E-state index contributed by atoms with van der Waals surface area (Å²) in [5.74, 6) is -0.0365. The van der Waals surface area contributed by atoms with Gasteiger partial charge in [-0.1, -0.05) is 0 Å². The summed E-state index contributed by atoms with van der Waals surface area (Å²) in [6.07, 6.45) is 6.53. The molecule has 118 valence electrons. The van der Waals surface area contributed by atoms with Crippen LogP contribution in [0.1, 0.15) is 37.4 Å². The number of hydrogen-bond acceptors (Lipinski definition) is 4. The molecule has 6 nitrogen and oxygen atoms in total. The number of carbonyl (C=O) groups excluding carboxylic acids is 2. The molecule has 0 aromatic carbocycles. The molecule has 22 heavy (non-hydrogen) atoms. The Bertz CT molecular complexity index is 535. The zero-order valence-corrected chi connectivity index (χ0v) is 12.5. The molecular formula is C16H21N3O3. The highest BCUT2D eigenvalue weighted by molar-refractivity contribution is 5.86. The number of likely N-dealkylation sites (tertiary alicyclic amines) is 1. The quantitative estimate of drug-likeness (QED) is 0.902. The van der Waals surface area contributed by atoms with E-state index in [1.165, 1.54) is 0 Å². The van der Waals surface area contributed by atoms with Crippen molar-refractivity contribution in [1.29, 1.82) is 0 Å². The molecule has 2 fully saturated rings. The number of ether oxygens (including phenoxy) is 1. The molecule has 6 heteroatoms. The molecule has 2 saturated heterocycles. The number of pyridine rings is 1. The molecule has 0 aliphatic carbocycles. The first-order valence-corrected chi connectivity index (χ1v) is 7.83. The third kappa shape index (κ3) is 3.44. The number of carbonyl (C=O) groups is 2. The number of rotatable bonds is 4. The van der Waals surface area contributed by atoms with Gasteiger partial charge in [0.15, 0.2) is 0 Å². The summed E-state index contributed by atoms with van der Waals surface area (Å²) >= 11 is 0. The smallest absolute Gasteiger partial charge is 0.239 e. The molecule has 0 radical (unpaired) electrons. The van der Waals surface area contributed by atoms with Crippen LogP contribution < -0.4 is 5.32 Å². The summed E-state index contributed by atoms with van der Waals surface area (Å²) in [4.78, 5) is 29.5. The van der Waals surface area contributed by atoms with Gasteiger partial charge >= 0.3 is 0 Å². The molecule has 1 aromatic rings. The monoisotopic (exact) mass is 303 g/mol. The predicted molar refractivity (Wildman–Crippen MR) is 79.9 cm³/mol. The van der Waals surface area contributed by atoms with Crippen molar-refractivity contribution in [2.45, 2.75) is 37.8 Å². The zero-order chi connectivity index (χ0) is 15.4. The fraction of sp³-hybridized carbons (Fsp3) is 0.562. The summed E-state index contributed by atoms with van der Waals surface area (Å²) in [6.45, 7) is 1.53. The van der Waals surface area contributed by atoms with E-state index in [4.69, 9.17) is 4.74 Å². The zero-order valence-electron chi connectivity index (χ0n) is 12.5. The van der Waals surface area contributed by atoms with Gasteiger partial charge < -0.3 is 15.0 Å². The van der Waals surface area contributed by atoms with Crippen LogP contribution in [-0.2, 0) is 14.3 Å². The molecule has 2 aliphatic heterocycles. The molecule has 0 spiro atoms. The van der Waals surface area contributed by atoms with Gasteiger partial charge in [-0.15, -0.1) is 0 Å². The summed E-state index contributed by atoms with van der Waals surface area (Å²) < 4.78 is 5.85. The predicted octanol–water partition coefficient (Wildman–Crippen LogP) is 1.04. The fourth-order valence-corrected chi connectivity index (χ4v) is 3.11. The second-order valence-corrected chi connectivity index (χ2v) is 5.81. The molecule has 0 bridgehead atoms. The Morgan fingerprint density at radius 1 is 1.36 bits per heavy atom. The van der Waals surface area contributed by atoms with Crippen LogP contribution in [0.3, 0.4) is 0 Å². The average Bonchev–Trinajstić information content (AvgIpc) is 2.94. The lowest BCUT2D eigenvalue weighted by Crippen LogP contribution is -2.46. The second-order valence-electron chi connectivity index (χ2n) is 5.81. The third-order valence-electron chi connectivity index (χ3n) is 4.21. The Morgan fingerprint density at radius 2 is 2.18 bits per heavy atom. The van der Waals surface area contributed by atoms with Gasteiger partial charge in [-0.05, 0) is 37.0 Å². The van der Waals surface area contributed by atoms with E-state index in [1.807, 2.05) is 12.1 Å². The van der Waals surface area contributed by atoms with E-state index in [0.717, 1.165) is 24.8 Å². The molecule has 1 aromatic heterocycles. The van der Waals surface area contributed by atoms with Crippen molar-refractivity contribution in [1.82, 2.24) is 15.2 Å². The van der Waals surface area contributed by atoms with Crippen LogP contribution >= 0.6 is 0 Å². The Kier molecular flexibility index (Phi) is 4.68. The summed E-state index contributed by atoms with van der Waals surface area (Å²) in [7, 11) is 0. The molecule has 2 amide bonds. The van der Waals surface area contributed by atoms with Gasteiger partial charge in [-0.2, -0.15) is 0 Å². The molecule has 3 rings (SSSR count). The Labute approximate surface area is 129 Å². The lowest BCUT2D eigenvalue weighted by atomic mass is 9.96. The summed E-state index contributed by atoms with van der Waals surface area (Å²) in [6, 6.07) is 3.78. The number of hydrogen-bond donors (Lipinski definition) is 1. The molecule has 0 saturated carbocycles. The first kappa shape index (κ1) is 15.0. The van der Waals surface area contributed by atoms with E-state index in [9.17, 15) is 9.59 Å². The van der Waals surface area contributed by atoms with Crippen LogP contribution in [-0.4, -0.2) is 47.4 Å². The van der Waals surface area contributed by atoms with Crippen molar-refractivity contribution in [2.75, 3.05) is 19.7 Å². The number of nitrogens with one attached hydrogen (secondary N) is 1. The van der Waals surface area contributed by atoms with Gasteiger partial charge in [0.2, 0.25) is 11.8 Å². The maximum Gasteiger partial charge on any atom is 0.239 e. The molecule has 0 unspecified atom stereocenters. The highest BCUT2D eigenvalue weighted by atomic mass is 16.5. The van der Waals surface area contributed by atoms with Gasteiger partial charge in [0.1, 0.15) is 6.10 Å². The van der Waals surface area contributed by atoms with Gasteiger partial charge in [0.25, 0.3) is 0 Å². The number of amides is 2. The minimum absolute atomic E-state index is 0.0543.